The number of rotatable bonds is 8. The Hall–Kier alpha value is -1.65. The summed E-state index contributed by atoms with van der Waals surface area (Å²) in [6.07, 6.45) is 0.282. The van der Waals surface area contributed by atoms with Crippen LogP contribution in [0.5, 0.6) is 0 Å². The van der Waals surface area contributed by atoms with Gasteiger partial charge in [-0.25, -0.2) is 0 Å². The van der Waals surface area contributed by atoms with Gasteiger partial charge in [-0.1, -0.05) is 42.5 Å². The highest BCUT2D eigenvalue weighted by molar-refractivity contribution is 5.76. The SMILES string of the molecule is C=C(C)COCCNC(=O)CC(N)c1ccccc1. The standard InChI is InChI=1S/C15H22N2O2/c1-12(2)11-19-9-8-17-15(18)10-14(16)13-6-4-3-5-7-13/h3-7,14H,1,8-11,16H2,2H3,(H,17,18). The molecule has 1 aromatic carbocycles. The van der Waals surface area contributed by atoms with Crippen LogP contribution in [0, 0.1) is 0 Å². The highest BCUT2D eigenvalue weighted by atomic mass is 16.5. The van der Waals surface area contributed by atoms with Crippen LogP contribution in [0.15, 0.2) is 42.5 Å². The first-order chi connectivity index (χ1) is 9.09. The molecule has 4 nitrogen and oxygen atoms in total. The zero-order valence-electron chi connectivity index (χ0n) is 11.4. The minimum Gasteiger partial charge on any atom is -0.375 e. The Kier molecular flexibility index (Phi) is 6.85. The van der Waals surface area contributed by atoms with Gasteiger partial charge in [-0.3, -0.25) is 4.79 Å². The second-order valence-corrected chi connectivity index (χ2v) is 4.58. The summed E-state index contributed by atoms with van der Waals surface area (Å²) >= 11 is 0. The van der Waals surface area contributed by atoms with E-state index < -0.39 is 0 Å². The summed E-state index contributed by atoms with van der Waals surface area (Å²) in [5.41, 5.74) is 7.90. The number of nitrogens with one attached hydrogen (secondary N) is 1. The van der Waals surface area contributed by atoms with Crippen LogP contribution >= 0.6 is 0 Å². The van der Waals surface area contributed by atoms with Gasteiger partial charge in [-0.05, 0) is 12.5 Å². The van der Waals surface area contributed by atoms with Crippen LogP contribution in [-0.4, -0.2) is 25.7 Å². The first kappa shape index (κ1) is 15.4. The molecule has 1 aromatic rings. The van der Waals surface area contributed by atoms with Crippen LogP contribution < -0.4 is 11.1 Å². The molecule has 1 amide bonds. The highest BCUT2D eigenvalue weighted by Crippen LogP contribution is 2.12. The molecule has 0 aliphatic heterocycles. The molecule has 0 aromatic heterocycles. The number of carbonyl (C=O) groups excluding carboxylic acids is 1. The number of hydrogen-bond acceptors (Lipinski definition) is 3. The van der Waals surface area contributed by atoms with Gasteiger partial charge in [-0.2, -0.15) is 0 Å². The van der Waals surface area contributed by atoms with E-state index in [0.717, 1.165) is 11.1 Å². The van der Waals surface area contributed by atoms with E-state index >= 15 is 0 Å². The van der Waals surface area contributed by atoms with Crippen molar-refractivity contribution in [1.29, 1.82) is 0 Å². The van der Waals surface area contributed by atoms with Gasteiger partial charge in [0.25, 0.3) is 0 Å². The average Bonchev–Trinajstić information content (AvgIpc) is 2.39. The fraction of sp³-hybridized carbons (Fsp3) is 0.400. The molecule has 1 atom stereocenters. The molecule has 3 N–H and O–H groups in total. The van der Waals surface area contributed by atoms with Crippen LogP contribution in [0.4, 0.5) is 0 Å². The predicted molar refractivity (Wildman–Crippen MR) is 76.6 cm³/mol. The molecule has 104 valence electrons. The largest absolute Gasteiger partial charge is 0.375 e. The van der Waals surface area contributed by atoms with E-state index in [0.29, 0.717) is 19.8 Å². The number of nitrogens with two attached hydrogens (primary N) is 1. The Morgan fingerprint density at radius 3 is 2.74 bits per heavy atom. The molecule has 0 saturated carbocycles. The third-order valence-corrected chi connectivity index (χ3v) is 2.55. The maximum absolute atomic E-state index is 11.7. The van der Waals surface area contributed by atoms with Gasteiger partial charge in [-0.15, -0.1) is 0 Å². The lowest BCUT2D eigenvalue weighted by molar-refractivity contribution is -0.121. The van der Waals surface area contributed by atoms with Crippen molar-refractivity contribution >= 4 is 5.91 Å². The van der Waals surface area contributed by atoms with Gasteiger partial charge < -0.3 is 15.8 Å². The van der Waals surface area contributed by atoms with E-state index in [9.17, 15) is 4.79 Å². The van der Waals surface area contributed by atoms with Crippen molar-refractivity contribution in [3.8, 4) is 0 Å². The van der Waals surface area contributed by atoms with E-state index in [1.165, 1.54) is 0 Å². The fourth-order valence-corrected chi connectivity index (χ4v) is 1.60. The van der Waals surface area contributed by atoms with Gasteiger partial charge in [0.2, 0.25) is 5.91 Å². The van der Waals surface area contributed by atoms with Crippen LogP contribution in [0.25, 0.3) is 0 Å². The molecule has 0 heterocycles. The zero-order valence-corrected chi connectivity index (χ0v) is 11.4. The lowest BCUT2D eigenvalue weighted by atomic mass is 10.0. The molecule has 19 heavy (non-hydrogen) atoms. The number of carbonyl (C=O) groups is 1. The normalized spacial score (nSPS) is 11.9. The first-order valence-corrected chi connectivity index (χ1v) is 6.39. The van der Waals surface area contributed by atoms with Crippen molar-refractivity contribution in [2.75, 3.05) is 19.8 Å². The molecule has 0 bridgehead atoms. The van der Waals surface area contributed by atoms with Crippen molar-refractivity contribution in [2.45, 2.75) is 19.4 Å². The third-order valence-electron chi connectivity index (χ3n) is 2.55. The van der Waals surface area contributed by atoms with E-state index in [1.54, 1.807) is 0 Å². The highest BCUT2D eigenvalue weighted by Gasteiger charge is 2.10. The Bertz CT molecular complexity index is 404. The quantitative estimate of drug-likeness (QED) is 0.554. The molecule has 0 spiro atoms. The van der Waals surface area contributed by atoms with Crippen molar-refractivity contribution in [3.05, 3.63) is 48.0 Å². The number of hydrogen-bond donors (Lipinski definition) is 2. The van der Waals surface area contributed by atoms with Crippen molar-refractivity contribution in [3.63, 3.8) is 0 Å². The van der Waals surface area contributed by atoms with E-state index in [1.807, 2.05) is 37.3 Å². The molecule has 0 aliphatic rings. The van der Waals surface area contributed by atoms with Crippen molar-refractivity contribution in [1.82, 2.24) is 5.32 Å². The minimum absolute atomic E-state index is 0.0599. The van der Waals surface area contributed by atoms with Crippen LogP contribution in [-0.2, 0) is 9.53 Å². The average molecular weight is 262 g/mol. The van der Waals surface area contributed by atoms with Gasteiger partial charge in [0.15, 0.2) is 0 Å². The van der Waals surface area contributed by atoms with Crippen LogP contribution in [0.3, 0.4) is 0 Å². The fourth-order valence-electron chi connectivity index (χ4n) is 1.60. The van der Waals surface area contributed by atoms with Crippen molar-refractivity contribution < 1.29 is 9.53 Å². The van der Waals surface area contributed by atoms with Gasteiger partial charge in [0, 0.05) is 19.0 Å². The lowest BCUT2D eigenvalue weighted by Crippen LogP contribution is -2.30. The summed E-state index contributed by atoms with van der Waals surface area (Å²) in [5.74, 6) is -0.0599. The summed E-state index contributed by atoms with van der Waals surface area (Å²) in [4.78, 5) is 11.7. The third kappa shape index (κ3) is 6.74. The van der Waals surface area contributed by atoms with Crippen LogP contribution in [0.1, 0.15) is 24.9 Å². The van der Waals surface area contributed by atoms with Gasteiger partial charge >= 0.3 is 0 Å². The van der Waals surface area contributed by atoms with E-state index in [2.05, 4.69) is 11.9 Å². The topological polar surface area (TPSA) is 64.3 Å². The second kappa shape index (κ2) is 8.45. The molecule has 0 saturated heterocycles. The molecule has 4 heteroatoms. The zero-order chi connectivity index (χ0) is 14.1. The Balaban J connectivity index is 2.19. The second-order valence-electron chi connectivity index (χ2n) is 4.58. The maximum atomic E-state index is 11.7. The van der Waals surface area contributed by atoms with Gasteiger partial charge in [0.1, 0.15) is 0 Å². The summed E-state index contributed by atoms with van der Waals surface area (Å²) in [5, 5.41) is 2.78. The van der Waals surface area contributed by atoms with E-state index in [4.69, 9.17) is 10.5 Å². The molecular weight excluding hydrogens is 240 g/mol. The summed E-state index contributed by atoms with van der Waals surface area (Å²) in [7, 11) is 0. The smallest absolute Gasteiger partial charge is 0.221 e. The Morgan fingerprint density at radius 2 is 2.11 bits per heavy atom. The van der Waals surface area contributed by atoms with Crippen molar-refractivity contribution in [2.24, 2.45) is 5.73 Å². The molecular formula is C15H22N2O2. The van der Waals surface area contributed by atoms with Gasteiger partial charge in [0.05, 0.1) is 13.2 Å². The number of benzene rings is 1. The number of ether oxygens (including phenoxy) is 1. The molecule has 0 fully saturated rings. The maximum Gasteiger partial charge on any atom is 0.221 e. The monoisotopic (exact) mass is 262 g/mol. The Labute approximate surface area is 114 Å². The Morgan fingerprint density at radius 1 is 1.42 bits per heavy atom. The van der Waals surface area contributed by atoms with Crippen LogP contribution in [0.2, 0.25) is 0 Å². The summed E-state index contributed by atoms with van der Waals surface area (Å²) in [6, 6.07) is 9.34. The summed E-state index contributed by atoms with van der Waals surface area (Å²) in [6.45, 7) is 7.14. The molecule has 1 unspecified atom stereocenters. The predicted octanol–water partition coefficient (Wildman–Crippen LogP) is 1.79. The molecule has 0 aliphatic carbocycles. The minimum atomic E-state index is -0.266. The molecule has 1 rings (SSSR count). The van der Waals surface area contributed by atoms with E-state index in [-0.39, 0.29) is 18.4 Å². The molecule has 0 radical (unpaired) electrons. The number of amides is 1. The lowest BCUT2D eigenvalue weighted by Gasteiger charge is -2.12. The summed E-state index contributed by atoms with van der Waals surface area (Å²) < 4.78 is 5.29. The first-order valence-electron chi connectivity index (χ1n) is 6.39.